The van der Waals surface area contributed by atoms with E-state index < -0.39 is 22.1 Å². The molecular formula is C19H18N2O5S. The maximum Gasteiger partial charge on any atom is 0.338 e. The van der Waals surface area contributed by atoms with Crippen LogP contribution >= 0.6 is 0 Å². The summed E-state index contributed by atoms with van der Waals surface area (Å²) in [6, 6.07) is 12.8. The number of hydrogen-bond donors (Lipinski definition) is 2. The van der Waals surface area contributed by atoms with Crippen molar-refractivity contribution in [3.63, 3.8) is 0 Å². The number of aromatic nitrogens is 1. The third kappa shape index (κ3) is 3.76. The fraction of sp³-hybridized carbons (Fsp3) is 0.158. The number of carbonyl (C=O) groups is 2. The number of sulfonamides is 1. The summed E-state index contributed by atoms with van der Waals surface area (Å²) in [6.45, 7) is 1.48. The minimum Gasteiger partial charge on any atom is -0.451 e. The molecule has 3 rings (SSSR count). The van der Waals surface area contributed by atoms with Gasteiger partial charge in [0.2, 0.25) is 15.8 Å². The van der Waals surface area contributed by atoms with E-state index in [1.807, 2.05) is 18.2 Å². The van der Waals surface area contributed by atoms with Crippen LogP contribution in [-0.2, 0) is 14.8 Å². The summed E-state index contributed by atoms with van der Waals surface area (Å²) < 4.78 is 31.2. The van der Waals surface area contributed by atoms with Gasteiger partial charge in [0.25, 0.3) is 0 Å². The Morgan fingerprint density at radius 1 is 1.11 bits per heavy atom. The summed E-state index contributed by atoms with van der Waals surface area (Å²) in [5, 5.41) is 0.743. The molecule has 1 heterocycles. The Kier molecular flexibility index (Phi) is 5.11. The third-order valence-electron chi connectivity index (χ3n) is 4.16. The lowest BCUT2D eigenvalue weighted by molar-refractivity contribution is 0.0319. The van der Waals surface area contributed by atoms with Crippen LogP contribution in [0.2, 0.25) is 0 Å². The van der Waals surface area contributed by atoms with E-state index in [1.54, 1.807) is 12.3 Å². The van der Waals surface area contributed by atoms with Gasteiger partial charge in [-0.25, -0.2) is 17.9 Å². The lowest BCUT2D eigenvalue weighted by Crippen LogP contribution is -2.24. The highest BCUT2D eigenvalue weighted by molar-refractivity contribution is 7.89. The van der Waals surface area contributed by atoms with Gasteiger partial charge >= 0.3 is 5.97 Å². The highest BCUT2D eigenvalue weighted by Crippen LogP contribution is 2.20. The summed E-state index contributed by atoms with van der Waals surface area (Å²) in [5.41, 5.74) is 1.28. The Hall–Kier alpha value is -2.97. The molecule has 1 aromatic heterocycles. The van der Waals surface area contributed by atoms with Gasteiger partial charge in [0.05, 0.1) is 10.5 Å². The normalized spacial score (nSPS) is 12.7. The van der Waals surface area contributed by atoms with Crippen LogP contribution in [0.3, 0.4) is 0 Å². The molecule has 7 nitrogen and oxygen atoms in total. The molecule has 27 heavy (non-hydrogen) atoms. The van der Waals surface area contributed by atoms with Gasteiger partial charge in [-0.1, -0.05) is 24.3 Å². The molecule has 0 bridgehead atoms. The summed E-state index contributed by atoms with van der Waals surface area (Å²) >= 11 is 0. The van der Waals surface area contributed by atoms with Crippen LogP contribution < -0.4 is 4.72 Å². The fourth-order valence-electron chi connectivity index (χ4n) is 2.68. The van der Waals surface area contributed by atoms with Gasteiger partial charge < -0.3 is 9.72 Å². The van der Waals surface area contributed by atoms with E-state index in [4.69, 9.17) is 4.74 Å². The van der Waals surface area contributed by atoms with Crippen LogP contribution in [0.25, 0.3) is 10.9 Å². The summed E-state index contributed by atoms with van der Waals surface area (Å²) in [6.07, 6.45) is 0.554. The average molecular weight is 386 g/mol. The molecule has 0 amide bonds. The van der Waals surface area contributed by atoms with E-state index in [-0.39, 0.29) is 16.2 Å². The van der Waals surface area contributed by atoms with Crippen LogP contribution in [0, 0.1) is 0 Å². The molecule has 0 aliphatic carbocycles. The van der Waals surface area contributed by atoms with Crippen LogP contribution in [0.4, 0.5) is 0 Å². The number of aromatic amines is 1. The molecule has 140 valence electrons. The second-order valence-electron chi connectivity index (χ2n) is 5.90. The first-order chi connectivity index (χ1) is 12.8. The van der Waals surface area contributed by atoms with Gasteiger partial charge in [-0.15, -0.1) is 0 Å². The standard InChI is InChI=1S/C19H18N2O5S/c1-12(18(22)16-11-21-17-9-4-3-8-15(16)17)26-19(23)13-6-5-7-14(10-13)27(24,25)20-2/h3-12,20-21H,1-2H3/t12-/m0/s1. The number of ether oxygens (including phenoxy) is 1. The molecular weight excluding hydrogens is 368 g/mol. The lowest BCUT2D eigenvalue weighted by atomic mass is 10.1. The molecule has 3 aromatic rings. The van der Waals surface area contributed by atoms with Crippen molar-refractivity contribution in [3.8, 4) is 0 Å². The van der Waals surface area contributed by atoms with Crippen molar-refractivity contribution in [1.82, 2.24) is 9.71 Å². The molecule has 0 fully saturated rings. The van der Waals surface area contributed by atoms with Crippen molar-refractivity contribution in [1.29, 1.82) is 0 Å². The van der Waals surface area contributed by atoms with E-state index in [9.17, 15) is 18.0 Å². The fourth-order valence-corrected chi connectivity index (χ4v) is 3.46. The summed E-state index contributed by atoms with van der Waals surface area (Å²) in [5.74, 6) is -1.12. The maximum absolute atomic E-state index is 12.7. The van der Waals surface area contributed by atoms with E-state index in [0.29, 0.717) is 5.56 Å². The van der Waals surface area contributed by atoms with E-state index in [2.05, 4.69) is 9.71 Å². The summed E-state index contributed by atoms with van der Waals surface area (Å²) in [7, 11) is -2.41. The number of fused-ring (bicyclic) bond motifs is 1. The number of rotatable bonds is 6. The molecule has 8 heteroatoms. The van der Waals surface area contributed by atoms with Crippen LogP contribution in [-0.4, -0.2) is 38.3 Å². The SMILES string of the molecule is CNS(=O)(=O)c1cccc(C(=O)O[C@@H](C)C(=O)c2c[nH]c3ccccc23)c1. The van der Waals surface area contributed by atoms with Crippen molar-refractivity contribution in [2.24, 2.45) is 0 Å². The number of para-hydroxylation sites is 1. The van der Waals surface area contributed by atoms with Gasteiger partial charge in [0, 0.05) is 22.7 Å². The van der Waals surface area contributed by atoms with Crippen molar-refractivity contribution >= 4 is 32.7 Å². The lowest BCUT2D eigenvalue weighted by Gasteiger charge is -2.12. The van der Waals surface area contributed by atoms with E-state index in [1.165, 1.54) is 38.2 Å². The molecule has 0 saturated heterocycles. The highest BCUT2D eigenvalue weighted by Gasteiger charge is 2.23. The smallest absolute Gasteiger partial charge is 0.338 e. The number of nitrogens with one attached hydrogen (secondary N) is 2. The monoisotopic (exact) mass is 386 g/mol. The molecule has 1 atom stereocenters. The Balaban J connectivity index is 1.80. The number of hydrogen-bond acceptors (Lipinski definition) is 5. The van der Waals surface area contributed by atoms with Gasteiger partial charge in [0.1, 0.15) is 0 Å². The predicted molar refractivity (Wildman–Crippen MR) is 100 cm³/mol. The van der Waals surface area contributed by atoms with E-state index in [0.717, 1.165) is 10.9 Å². The molecule has 0 aliphatic heterocycles. The largest absolute Gasteiger partial charge is 0.451 e. The molecule has 2 N–H and O–H groups in total. The van der Waals surface area contributed by atoms with Crippen molar-refractivity contribution < 1.29 is 22.7 Å². The van der Waals surface area contributed by atoms with Gasteiger partial charge in [-0.3, -0.25) is 4.79 Å². The minimum absolute atomic E-state index is 0.0462. The topological polar surface area (TPSA) is 105 Å². The Morgan fingerprint density at radius 2 is 1.85 bits per heavy atom. The van der Waals surface area contributed by atoms with Crippen LogP contribution in [0.5, 0.6) is 0 Å². The second kappa shape index (κ2) is 7.34. The second-order valence-corrected chi connectivity index (χ2v) is 7.78. The Labute approximate surface area is 156 Å². The summed E-state index contributed by atoms with van der Waals surface area (Å²) in [4.78, 5) is 28.0. The molecule has 0 saturated carbocycles. The molecule has 0 unspecified atom stereocenters. The third-order valence-corrected chi connectivity index (χ3v) is 5.57. The average Bonchev–Trinajstić information content (AvgIpc) is 3.11. The first kappa shape index (κ1) is 18.8. The molecule has 0 aliphatic rings. The number of Topliss-reactive ketones (excluding diaryl/α,β-unsaturated/α-hetero) is 1. The number of ketones is 1. The highest BCUT2D eigenvalue weighted by atomic mass is 32.2. The Morgan fingerprint density at radius 3 is 2.59 bits per heavy atom. The number of H-pyrrole nitrogens is 1. The number of esters is 1. The first-order valence-corrected chi connectivity index (χ1v) is 9.66. The van der Waals surface area contributed by atoms with Crippen molar-refractivity contribution in [3.05, 3.63) is 65.9 Å². The predicted octanol–water partition coefficient (Wildman–Crippen LogP) is 2.50. The Bertz CT molecular complexity index is 1120. The van der Waals surface area contributed by atoms with E-state index >= 15 is 0 Å². The molecule has 0 radical (unpaired) electrons. The maximum atomic E-state index is 12.7. The quantitative estimate of drug-likeness (QED) is 0.500. The zero-order chi connectivity index (χ0) is 19.6. The van der Waals surface area contributed by atoms with Crippen LogP contribution in [0.15, 0.2) is 59.6 Å². The van der Waals surface area contributed by atoms with Crippen LogP contribution in [0.1, 0.15) is 27.6 Å². The van der Waals surface area contributed by atoms with Gasteiger partial charge in [-0.05, 0) is 38.2 Å². The minimum atomic E-state index is -3.69. The zero-order valence-corrected chi connectivity index (χ0v) is 15.5. The number of benzene rings is 2. The molecule has 2 aromatic carbocycles. The zero-order valence-electron chi connectivity index (χ0n) is 14.7. The van der Waals surface area contributed by atoms with Crippen molar-refractivity contribution in [2.45, 2.75) is 17.9 Å². The van der Waals surface area contributed by atoms with Crippen molar-refractivity contribution in [2.75, 3.05) is 7.05 Å². The first-order valence-electron chi connectivity index (χ1n) is 8.18. The molecule has 0 spiro atoms. The number of carbonyl (C=O) groups excluding carboxylic acids is 2. The van der Waals surface area contributed by atoms with Gasteiger partial charge in [-0.2, -0.15) is 0 Å². The van der Waals surface area contributed by atoms with Gasteiger partial charge in [0.15, 0.2) is 6.10 Å².